The first-order valence-electron chi connectivity index (χ1n) is 6.50. The van der Waals surface area contributed by atoms with Crippen molar-refractivity contribution in [3.63, 3.8) is 0 Å². The van der Waals surface area contributed by atoms with Crippen molar-refractivity contribution in [2.45, 2.75) is 39.5 Å². The number of hydrogen-bond acceptors (Lipinski definition) is 1. The van der Waals surface area contributed by atoms with Gasteiger partial charge in [-0.05, 0) is 54.0 Å². The van der Waals surface area contributed by atoms with Crippen LogP contribution in [-0.4, -0.2) is 10.2 Å². The van der Waals surface area contributed by atoms with E-state index in [1.54, 1.807) is 0 Å². The van der Waals surface area contributed by atoms with Gasteiger partial charge in [-0.25, -0.2) is 0 Å². The molecule has 0 unspecified atom stereocenters. The van der Waals surface area contributed by atoms with E-state index >= 15 is 0 Å². The summed E-state index contributed by atoms with van der Waals surface area (Å²) in [6.45, 7) is 4.48. The minimum Gasteiger partial charge on any atom is -0.278 e. The van der Waals surface area contributed by atoms with Gasteiger partial charge in [0.2, 0.25) is 0 Å². The first-order chi connectivity index (χ1) is 8.33. The highest BCUT2D eigenvalue weighted by Gasteiger charge is 2.19. The highest BCUT2D eigenvalue weighted by atomic mass is 15.1. The molecule has 0 bridgehead atoms. The van der Waals surface area contributed by atoms with Crippen LogP contribution < -0.4 is 0 Å². The first kappa shape index (κ1) is 10.6. The average molecular weight is 226 g/mol. The van der Waals surface area contributed by atoms with Crippen LogP contribution in [0, 0.1) is 0 Å². The van der Waals surface area contributed by atoms with Gasteiger partial charge in [0.05, 0.1) is 11.9 Å². The van der Waals surface area contributed by atoms with E-state index in [9.17, 15) is 0 Å². The zero-order chi connectivity index (χ0) is 11.8. The second-order valence-electron chi connectivity index (χ2n) is 4.76. The summed E-state index contributed by atoms with van der Waals surface area (Å²) in [4.78, 5) is 0. The lowest BCUT2D eigenvalue weighted by Crippen LogP contribution is -2.05. The normalized spacial score (nSPS) is 13.3. The highest BCUT2D eigenvalue weighted by Crippen LogP contribution is 2.33. The molecule has 17 heavy (non-hydrogen) atoms. The van der Waals surface area contributed by atoms with Crippen molar-refractivity contribution in [1.82, 2.24) is 10.2 Å². The van der Waals surface area contributed by atoms with Crippen LogP contribution in [0.25, 0.3) is 11.3 Å². The molecule has 0 fully saturated rings. The number of aromatic nitrogens is 2. The fourth-order valence-corrected chi connectivity index (χ4v) is 2.84. The van der Waals surface area contributed by atoms with Crippen LogP contribution in [-0.2, 0) is 25.7 Å². The largest absolute Gasteiger partial charge is 0.278 e. The Hall–Kier alpha value is -1.57. The molecule has 0 spiro atoms. The summed E-state index contributed by atoms with van der Waals surface area (Å²) in [6.07, 6.45) is 6.48. The van der Waals surface area contributed by atoms with Gasteiger partial charge in [0.1, 0.15) is 0 Å². The molecule has 2 nitrogen and oxygen atoms in total. The number of hydrogen-bond donors (Lipinski definition) is 1. The standard InChI is InChI=1S/C15H18N2/c1-3-10-7-12-5-6-13-9-16-17-15(13)14(12)8-11(10)4-2/h7-9H,3-6H2,1-2H3,(H,16,17). The van der Waals surface area contributed by atoms with Crippen molar-refractivity contribution >= 4 is 0 Å². The quantitative estimate of drug-likeness (QED) is 0.836. The van der Waals surface area contributed by atoms with E-state index in [2.05, 4.69) is 36.2 Å². The van der Waals surface area contributed by atoms with Gasteiger partial charge in [-0.3, -0.25) is 5.10 Å². The van der Waals surface area contributed by atoms with Crippen LogP contribution in [0.15, 0.2) is 18.3 Å². The van der Waals surface area contributed by atoms with E-state index in [4.69, 9.17) is 0 Å². The van der Waals surface area contributed by atoms with Crippen LogP contribution in [0.3, 0.4) is 0 Å². The van der Waals surface area contributed by atoms with Gasteiger partial charge in [-0.2, -0.15) is 5.10 Å². The Morgan fingerprint density at radius 1 is 1.06 bits per heavy atom. The van der Waals surface area contributed by atoms with Crippen molar-refractivity contribution in [2.24, 2.45) is 0 Å². The highest BCUT2D eigenvalue weighted by molar-refractivity contribution is 5.70. The molecule has 88 valence electrons. The zero-order valence-electron chi connectivity index (χ0n) is 10.5. The maximum absolute atomic E-state index is 4.18. The Morgan fingerprint density at radius 3 is 2.53 bits per heavy atom. The second kappa shape index (κ2) is 4.02. The summed E-state index contributed by atoms with van der Waals surface area (Å²) >= 11 is 0. The first-order valence-corrected chi connectivity index (χ1v) is 6.50. The molecule has 1 aromatic carbocycles. The smallest absolute Gasteiger partial charge is 0.0685 e. The molecule has 0 radical (unpaired) electrons. The van der Waals surface area contributed by atoms with Gasteiger partial charge in [-0.15, -0.1) is 0 Å². The fraction of sp³-hybridized carbons (Fsp3) is 0.400. The molecule has 0 aliphatic heterocycles. The second-order valence-corrected chi connectivity index (χ2v) is 4.76. The van der Waals surface area contributed by atoms with E-state index in [1.807, 2.05) is 6.20 Å². The lowest BCUT2D eigenvalue weighted by Gasteiger charge is -2.19. The van der Waals surface area contributed by atoms with Crippen LogP contribution in [0.4, 0.5) is 0 Å². The number of benzene rings is 1. The van der Waals surface area contributed by atoms with Crippen molar-refractivity contribution < 1.29 is 0 Å². The van der Waals surface area contributed by atoms with E-state index in [1.165, 1.54) is 33.5 Å². The van der Waals surface area contributed by atoms with Crippen LogP contribution in [0.5, 0.6) is 0 Å². The summed E-state index contributed by atoms with van der Waals surface area (Å²) in [5.74, 6) is 0. The van der Waals surface area contributed by atoms with Gasteiger partial charge in [0.25, 0.3) is 0 Å². The number of nitrogens with one attached hydrogen (secondary N) is 1. The molecule has 0 saturated heterocycles. The third kappa shape index (κ3) is 1.59. The molecular weight excluding hydrogens is 208 g/mol. The molecule has 2 heteroatoms. The summed E-state index contributed by atoms with van der Waals surface area (Å²) in [5, 5.41) is 7.33. The summed E-state index contributed by atoms with van der Waals surface area (Å²) < 4.78 is 0. The minimum absolute atomic E-state index is 1.11. The minimum atomic E-state index is 1.11. The Kier molecular flexibility index (Phi) is 2.50. The van der Waals surface area contributed by atoms with E-state index < -0.39 is 0 Å². The molecule has 0 atom stereocenters. The molecule has 1 aromatic heterocycles. The van der Waals surface area contributed by atoms with Gasteiger partial charge in [0, 0.05) is 5.56 Å². The molecule has 1 aliphatic carbocycles. The maximum atomic E-state index is 4.18. The molecule has 0 amide bonds. The Balaban J connectivity index is 2.20. The van der Waals surface area contributed by atoms with Crippen molar-refractivity contribution in [1.29, 1.82) is 0 Å². The van der Waals surface area contributed by atoms with E-state index in [0.29, 0.717) is 0 Å². The van der Waals surface area contributed by atoms with E-state index in [0.717, 1.165) is 25.7 Å². The number of fused-ring (bicyclic) bond motifs is 3. The molecule has 1 aliphatic rings. The number of nitrogens with zero attached hydrogens (tertiary/aromatic N) is 1. The molecule has 2 aromatic rings. The lowest BCUT2D eigenvalue weighted by molar-refractivity contribution is 0.926. The monoisotopic (exact) mass is 226 g/mol. The van der Waals surface area contributed by atoms with Crippen molar-refractivity contribution in [2.75, 3.05) is 0 Å². The number of aryl methyl sites for hydroxylation is 4. The summed E-state index contributed by atoms with van der Waals surface area (Å²) in [7, 11) is 0. The topological polar surface area (TPSA) is 28.7 Å². The Bertz CT molecular complexity index is 552. The maximum Gasteiger partial charge on any atom is 0.0685 e. The van der Waals surface area contributed by atoms with Gasteiger partial charge >= 0.3 is 0 Å². The van der Waals surface area contributed by atoms with Gasteiger partial charge in [0.15, 0.2) is 0 Å². The molecule has 3 rings (SSSR count). The third-order valence-corrected chi connectivity index (χ3v) is 3.84. The average Bonchev–Trinajstić information content (AvgIpc) is 2.85. The van der Waals surface area contributed by atoms with Crippen LogP contribution >= 0.6 is 0 Å². The van der Waals surface area contributed by atoms with Crippen LogP contribution in [0.2, 0.25) is 0 Å². The summed E-state index contributed by atoms with van der Waals surface area (Å²) in [6, 6.07) is 4.77. The number of aromatic amines is 1. The third-order valence-electron chi connectivity index (χ3n) is 3.84. The molecule has 1 N–H and O–H groups in total. The molecular formula is C15H18N2. The number of rotatable bonds is 2. The van der Waals surface area contributed by atoms with Crippen molar-refractivity contribution in [3.05, 3.63) is 40.6 Å². The van der Waals surface area contributed by atoms with E-state index in [-0.39, 0.29) is 0 Å². The van der Waals surface area contributed by atoms with Gasteiger partial charge < -0.3 is 0 Å². The fourth-order valence-electron chi connectivity index (χ4n) is 2.84. The van der Waals surface area contributed by atoms with Crippen LogP contribution in [0.1, 0.15) is 36.1 Å². The zero-order valence-corrected chi connectivity index (χ0v) is 10.5. The Morgan fingerprint density at radius 2 is 1.76 bits per heavy atom. The molecule has 1 heterocycles. The SMILES string of the molecule is CCc1cc2c(cc1CC)-c1[nH]ncc1CC2. The predicted molar refractivity (Wildman–Crippen MR) is 70.2 cm³/mol. The molecule has 0 saturated carbocycles. The predicted octanol–water partition coefficient (Wildman–Crippen LogP) is 3.30. The van der Waals surface area contributed by atoms with Crippen molar-refractivity contribution in [3.8, 4) is 11.3 Å². The lowest BCUT2D eigenvalue weighted by atomic mass is 9.86. The number of H-pyrrole nitrogens is 1. The Labute approximate surface area is 102 Å². The summed E-state index contributed by atoms with van der Waals surface area (Å²) in [5.41, 5.74) is 8.45. The van der Waals surface area contributed by atoms with Gasteiger partial charge in [-0.1, -0.05) is 19.9 Å².